The van der Waals surface area contributed by atoms with Crippen LogP contribution < -0.4 is 5.32 Å². The van der Waals surface area contributed by atoms with Crippen LogP contribution >= 0.6 is 12.4 Å². The zero-order valence-corrected chi connectivity index (χ0v) is 13.2. The standard InChI is InChI=1S/C16H20N2O2.ClH/c1-11-10-17-7-8-18(11)16(19)12(2)15-9-13-5-3-4-6-14(13)20-15;/h3-6,9,11-12,17H,7-8,10H2,1-2H3;1H. The third-order valence-electron chi connectivity index (χ3n) is 4.03. The maximum Gasteiger partial charge on any atom is 0.233 e. The molecule has 1 aromatic heterocycles. The molecule has 1 aliphatic rings. The second-order valence-corrected chi connectivity index (χ2v) is 5.49. The van der Waals surface area contributed by atoms with Crippen molar-refractivity contribution in [2.75, 3.05) is 19.6 Å². The lowest BCUT2D eigenvalue weighted by Gasteiger charge is -2.35. The highest BCUT2D eigenvalue weighted by atomic mass is 35.5. The van der Waals surface area contributed by atoms with Gasteiger partial charge in [0.25, 0.3) is 0 Å². The van der Waals surface area contributed by atoms with Crippen LogP contribution in [0.3, 0.4) is 0 Å². The molecule has 0 aliphatic carbocycles. The molecule has 21 heavy (non-hydrogen) atoms. The zero-order valence-electron chi connectivity index (χ0n) is 12.3. The van der Waals surface area contributed by atoms with Gasteiger partial charge in [0.1, 0.15) is 11.3 Å². The van der Waals surface area contributed by atoms with E-state index < -0.39 is 0 Å². The maximum absolute atomic E-state index is 12.6. The first kappa shape index (κ1) is 15.9. The van der Waals surface area contributed by atoms with Crippen LogP contribution in [0.1, 0.15) is 25.5 Å². The molecule has 1 aliphatic heterocycles. The van der Waals surface area contributed by atoms with Crippen LogP contribution in [0, 0.1) is 0 Å². The van der Waals surface area contributed by atoms with Crippen molar-refractivity contribution in [3.63, 3.8) is 0 Å². The minimum Gasteiger partial charge on any atom is -0.460 e. The number of piperazine rings is 1. The Morgan fingerprint density at radius 1 is 1.43 bits per heavy atom. The van der Waals surface area contributed by atoms with Crippen LogP contribution in [0.4, 0.5) is 0 Å². The molecule has 1 fully saturated rings. The Bertz CT molecular complexity index is 593. The number of hydrogen-bond donors (Lipinski definition) is 1. The molecule has 0 bridgehead atoms. The van der Waals surface area contributed by atoms with E-state index in [0.29, 0.717) is 0 Å². The van der Waals surface area contributed by atoms with E-state index in [9.17, 15) is 4.79 Å². The molecule has 2 heterocycles. The molecule has 4 nitrogen and oxygen atoms in total. The number of para-hydroxylation sites is 1. The van der Waals surface area contributed by atoms with Gasteiger partial charge in [-0.1, -0.05) is 18.2 Å². The highest BCUT2D eigenvalue weighted by Crippen LogP contribution is 2.26. The lowest BCUT2D eigenvalue weighted by molar-refractivity contribution is -0.135. The van der Waals surface area contributed by atoms with Gasteiger partial charge in [-0.2, -0.15) is 0 Å². The molecule has 0 spiro atoms. The molecule has 2 atom stereocenters. The van der Waals surface area contributed by atoms with Gasteiger partial charge in [-0.15, -0.1) is 12.4 Å². The molecule has 0 saturated carbocycles. The van der Waals surface area contributed by atoms with Crippen LogP contribution in [0.5, 0.6) is 0 Å². The molecule has 1 amide bonds. The molecule has 0 radical (unpaired) electrons. The number of furan rings is 1. The number of amides is 1. The van der Waals surface area contributed by atoms with Crippen molar-refractivity contribution in [1.82, 2.24) is 10.2 Å². The number of fused-ring (bicyclic) bond motifs is 1. The van der Waals surface area contributed by atoms with Gasteiger partial charge >= 0.3 is 0 Å². The maximum atomic E-state index is 12.6. The van der Waals surface area contributed by atoms with Gasteiger partial charge in [0.15, 0.2) is 0 Å². The number of carbonyl (C=O) groups excluding carboxylic acids is 1. The Labute approximate surface area is 130 Å². The Balaban J connectivity index is 0.00000161. The fourth-order valence-corrected chi connectivity index (χ4v) is 2.75. The molecule has 1 saturated heterocycles. The highest BCUT2D eigenvalue weighted by molar-refractivity contribution is 5.86. The fourth-order valence-electron chi connectivity index (χ4n) is 2.75. The molecular weight excluding hydrogens is 288 g/mol. The van der Waals surface area contributed by atoms with Crippen molar-refractivity contribution in [2.45, 2.75) is 25.8 Å². The van der Waals surface area contributed by atoms with E-state index >= 15 is 0 Å². The van der Waals surface area contributed by atoms with Crippen molar-refractivity contribution in [3.05, 3.63) is 36.1 Å². The molecule has 1 aromatic carbocycles. The normalized spacial score (nSPS) is 20.1. The van der Waals surface area contributed by atoms with Crippen molar-refractivity contribution >= 4 is 29.3 Å². The van der Waals surface area contributed by atoms with Gasteiger partial charge in [-0.05, 0) is 26.0 Å². The van der Waals surface area contributed by atoms with E-state index in [2.05, 4.69) is 12.2 Å². The number of benzene rings is 1. The summed E-state index contributed by atoms with van der Waals surface area (Å²) in [6.45, 7) is 6.50. The number of nitrogens with one attached hydrogen (secondary N) is 1. The van der Waals surface area contributed by atoms with E-state index in [-0.39, 0.29) is 30.3 Å². The molecule has 2 unspecified atom stereocenters. The fraction of sp³-hybridized carbons (Fsp3) is 0.438. The van der Waals surface area contributed by atoms with Crippen LogP contribution in [0.15, 0.2) is 34.7 Å². The average Bonchev–Trinajstić information content (AvgIpc) is 2.90. The Morgan fingerprint density at radius 3 is 2.90 bits per heavy atom. The third kappa shape index (κ3) is 3.06. The molecule has 1 N–H and O–H groups in total. The summed E-state index contributed by atoms with van der Waals surface area (Å²) in [6.07, 6.45) is 0. The minimum atomic E-state index is -0.233. The molecular formula is C16H21ClN2O2. The summed E-state index contributed by atoms with van der Waals surface area (Å²) in [5.41, 5.74) is 0.843. The van der Waals surface area contributed by atoms with Crippen LogP contribution in [0.2, 0.25) is 0 Å². The lowest BCUT2D eigenvalue weighted by Crippen LogP contribution is -2.53. The summed E-state index contributed by atoms with van der Waals surface area (Å²) in [5.74, 6) is 0.669. The van der Waals surface area contributed by atoms with E-state index in [1.165, 1.54) is 0 Å². The Morgan fingerprint density at radius 2 is 2.19 bits per heavy atom. The van der Waals surface area contributed by atoms with Crippen LogP contribution in [0.25, 0.3) is 11.0 Å². The van der Waals surface area contributed by atoms with Crippen LogP contribution in [-0.4, -0.2) is 36.5 Å². The second-order valence-electron chi connectivity index (χ2n) is 5.49. The lowest BCUT2D eigenvalue weighted by atomic mass is 10.0. The van der Waals surface area contributed by atoms with Crippen LogP contribution in [-0.2, 0) is 4.79 Å². The van der Waals surface area contributed by atoms with E-state index in [1.807, 2.05) is 42.2 Å². The largest absolute Gasteiger partial charge is 0.460 e. The topological polar surface area (TPSA) is 45.5 Å². The number of nitrogens with zero attached hydrogens (tertiary/aromatic N) is 1. The third-order valence-corrected chi connectivity index (χ3v) is 4.03. The van der Waals surface area contributed by atoms with E-state index in [0.717, 1.165) is 36.4 Å². The predicted molar refractivity (Wildman–Crippen MR) is 85.9 cm³/mol. The molecule has 2 aromatic rings. The number of halogens is 1. The number of carbonyl (C=O) groups is 1. The summed E-state index contributed by atoms with van der Waals surface area (Å²) in [6, 6.07) is 10.1. The summed E-state index contributed by atoms with van der Waals surface area (Å²) in [4.78, 5) is 14.6. The summed E-state index contributed by atoms with van der Waals surface area (Å²) >= 11 is 0. The molecule has 5 heteroatoms. The predicted octanol–water partition coefficient (Wildman–Crippen LogP) is 2.78. The van der Waals surface area contributed by atoms with Crippen molar-refractivity contribution in [2.24, 2.45) is 0 Å². The second kappa shape index (κ2) is 6.50. The smallest absolute Gasteiger partial charge is 0.233 e. The highest BCUT2D eigenvalue weighted by Gasteiger charge is 2.29. The Kier molecular flexibility index (Phi) is 4.91. The van der Waals surface area contributed by atoms with Gasteiger partial charge in [-0.25, -0.2) is 0 Å². The first-order valence-corrected chi connectivity index (χ1v) is 7.16. The number of rotatable bonds is 2. The van der Waals surface area contributed by atoms with Gasteiger partial charge < -0.3 is 14.6 Å². The van der Waals surface area contributed by atoms with Gasteiger partial charge in [0, 0.05) is 31.1 Å². The van der Waals surface area contributed by atoms with Crippen molar-refractivity contribution in [1.29, 1.82) is 0 Å². The van der Waals surface area contributed by atoms with E-state index in [1.54, 1.807) is 0 Å². The van der Waals surface area contributed by atoms with E-state index in [4.69, 9.17) is 4.42 Å². The summed E-state index contributed by atoms with van der Waals surface area (Å²) in [5, 5.41) is 4.35. The zero-order chi connectivity index (χ0) is 14.1. The minimum absolute atomic E-state index is 0. The summed E-state index contributed by atoms with van der Waals surface area (Å²) in [7, 11) is 0. The Hall–Kier alpha value is -1.52. The SMILES string of the molecule is CC(C(=O)N1CCNCC1C)c1cc2ccccc2o1.Cl. The summed E-state index contributed by atoms with van der Waals surface area (Å²) < 4.78 is 5.81. The van der Waals surface area contributed by atoms with Crippen molar-refractivity contribution < 1.29 is 9.21 Å². The van der Waals surface area contributed by atoms with Crippen molar-refractivity contribution in [3.8, 4) is 0 Å². The quantitative estimate of drug-likeness (QED) is 0.928. The first-order chi connectivity index (χ1) is 9.66. The van der Waals surface area contributed by atoms with Gasteiger partial charge in [0.05, 0.1) is 5.92 Å². The molecule has 114 valence electrons. The average molecular weight is 309 g/mol. The van der Waals surface area contributed by atoms with Gasteiger partial charge in [0.2, 0.25) is 5.91 Å². The van der Waals surface area contributed by atoms with Gasteiger partial charge in [-0.3, -0.25) is 4.79 Å². The monoisotopic (exact) mass is 308 g/mol. The number of hydrogen-bond acceptors (Lipinski definition) is 3. The first-order valence-electron chi connectivity index (χ1n) is 7.16. The molecule has 3 rings (SSSR count).